The lowest BCUT2D eigenvalue weighted by Gasteiger charge is -2.27. The normalized spacial score (nSPS) is 15.6. The van der Waals surface area contributed by atoms with Crippen molar-refractivity contribution in [3.8, 4) is 0 Å². The molecule has 1 rings (SSSR count). The van der Waals surface area contributed by atoms with Gasteiger partial charge in [0.05, 0.1) is 11.1 Å². The Kier molecular flexibility index (Phi) is 6.61. The van der Waals surface area contributed by atoms with Crippen LogP contribution in [0.25, 0.3) is 0 Å². The third-order valence-electron chi connectivity index (χ3n) is 3.56. The quantitative estimate of drug-likeness (QED) is 0.435. The van der Waals surface area contributed by atoms with Crippen molar-refractivity contribution in [2.75, 3.05) is 0 Å². The van der Waals surface area contributed by atoms with E-state index in [1.165, 1.54) is 0 Å². The number of benzene rings is 1. The highest BCUT2D eigenvalue weighted by Gasteiger charge is 2.16. The van der Waals surface area contributed by atoms with Gasteiger partial charge in [0.2, 0.25) is 0 Å². The monoisotopic (exact) mass is 279 g/mol. The number of hydrogen-bond acceptors (Lipinski definition) is 4. The Labute approximate surface area is 120 Å². The van der Waals surface area contributed by atoms with Crippen LogP contribution in [0.1, 0.15) is 52.3 Å². The van der Waals surface area contributed by atoms with Gasteiger partial charge in [-0.05, 0) is 44.4 Å². The zero-order chi connectivity index (χ0) is 15.1. The van der Waals surface area contributed by atoms with Crippen molar-refractivity contribution >= 4 is 5.69 Å². The molecule has 1 aromatic carbocycles. The van der Waals surface area contributed by atoms with Gasteiger partial charge in [-0.1, -0.05) is 13.8 Å². The van der Waals surface area contributed by atoms with Gasteiger partial charge in [-0.15, -0.1) is 0 Å². The number of nitro groups is 1. The van der Waals surface area contributed by atoms with E-state index in [4.69, 9.17) is 0 Å². The Morgan fingerprint density at radius 2 is 1.50 bits per heavy atom. The molecular weight excluding hydrogens is 254 g/mol. The summed E-state index contributed by atoms with van der Waals surface area (Å²) in [5.41, 5.74) is 1.15. The molecule has 0 aliphatic heterocycles. The van der Waals surface area contributed by atoms with Crippen LogP contribution in [0.15, 0.2) is 24.3 Å². The summed E-state index contributed by atoms with van der Waals surface area (Å²) in [7, 11) is 0. The summed E-state index contributed by atoms with van der Waals surface area (Å²) >= 11 is 0. The van der Waals surface area contributed by atoms with Gasteiger partial charge in [0.15, 0.2) is 0 Å². The highest BCUT2D eigenvalue weighted by atomic mass is 16.6. The standard InChI is InChI=1S/C15H25N3O2/c1-5-11(3)16-15(17-12(4)6-2)13-7-9-14(10-8-13)18(19)20/h7-12,15-17H,5-6H2,1-4H3. The molecule has 0 heterocycles. The average molecular weight is 279 g/mol. The van der Waals surface area contributed by atoms with Crippen molar-refractivity contribution in [2.45, 2.75) is 58.8 Å². The van der Waals surface area contributed by atoms with Gasteiger partial charge in [-0.25, -0.2) is 0 Å². The number of hydrogen-bond donors (Lipinski definition) is 2. The number of nitrogens with one attached hydrogen (secondary N) is 2. The van der Waals surface area contributed by atoms with Gasteiger partial charge in [-0.2, -0.15) is 0 Å². The molecule has 0 saturated heterocycles. The SMILES string of the molecule is CCC(C)NC(NC(C)CC)c1ccc([N+](=O)[O-])cc1. The Morgan fingerprint density at radius 3 is 1.85 bits per heavy atom. The predicted molar refractivity (Wildman–Crippen MR) is 81.6 cm³/mol. The summed E-state index contributed by atoms with van der Waals surface area (Å²) in [5.74, 6) is 0. The molecule has 2 unspecified atom stereocenters. The predicted octanol–water partition coefficient (Wildman–Crippen LogP) is 3.37. The van der Waals surface area contributed by atoms with Gasteiger partial charge in [0.1, 0.15) is 0 Å². The highest BCUT2D eigenvalue weighted by molar-refractivity contribution is 5.34. The van der Waals surface area contributed by atoms with Crippen molar-refractivity contribution in [1.82, 2.24) is 10.6 Å². The van der Waals surface area contributed by atoms with E-state index in [1.54, 1.807) is 12.1 Å². The molecule has 0 aromatic heterocycles. The zero-order valence-electron chi connectivity index (χ0n) is 12.7. The van der Waals surface area contributed by atoms with Crippen LogP contribution in [0.4, 0.5) is 5.69 Å². The van der Waals surface area contributed by atoms with E-state index in [9.17, 15) is 10.1 Å². The van der Waals surface area contributed by atoms with Crippen LogP contribution in [0, 0.1) is 10.1 Å². The Bertz CT molecular complexity index is 408. The van der Waals surface area contributed by atoms with Crippen molar-refractivity contribution in [2.24, 2.45) is 0 Å². The molecule has 20 heavy (non-hydrogen) atoms. The average Bonchev–Trinajstić information content (AvgIpc) is 2.46. The maximum Gasteiger partial charge on any atom is 0.269 e. The van der Waals surface area contributed by atoms with Crippen molar-refractivity contribution in [3.05, 3.63) is 39.9 Å². The maximum atomic E-state index is 10.7. The molecule has 0 amide bonds. The van der Waals surface area contributed by atoms with E-state index in [0.717, 1.165) is 18.4 Å². The first-order chi connectivity index (χ1) is 9.47. The van der Waals surface area contributed by atoms with Crippen LogP contribution < -0.4 is 10.6 Å². The summed E-state index contributed by atoms with van der Waals surface area (Å²) in [6.07, 6.45) is 2.08. The first-order valence-electron chi connectivity index (χ1n) is 7.24. The molecule has 5 heteroatoms. The van der Waals surface area contributed by atoms with Gasteiger partial charge in [0.25, 0.3) is 5.69 Å². The Hall–Kier alpha value is -1.46. The van der Waals surface area contributed by atoms with Crippen LogP contribution in [-0.4, -0.2) is 17.0 Å². The molecule has 1 aromatic rings. The summed E-state index contributed by atoms with van der Waals surface area (Å²) < 4.78 is 0. The van der Waals surface area contributed by atoms with Crippen molar-refractivity contribution in [3.63, 3.8) is 0 Å². The second kappa shape index (κ2) is 7.97. The van der Waals surface area contributed by atoms with Gasteiger partial charge < -0.3 is 0 Å². The van der Waals surface area contributed by atoms with Crippen LogP contribution in [0.3, 0.4) is 0 Å². The molecule has 0 aliphatic carbocycles. The minimum atomic E-state index is -0.372. The van der Waals surface area contributed by atoms with Gasteiger partial charge in [0, 0.05) is 24.2 Å². The Balaban J connectivity index is 2.87. The Morgan fingerprint density at radius 1 is 1.05 bits per heavy atom. The van der Waals surface area contributed by atoms with E-state index >= 15 is 0 Å². The number of rotatable bonds is 8. The van der Waals surface area contributed by atoms with Crippen LogP contribution in [0.5, 0.6) is 0 Å². The van der Waals surface area contributed by atoms with Crippen LogP contribution in [0.2, 0.25) is 0 Å². The van der Waals surface area contributed by atoms with E-state index in [0.29, 0.717) is 12.1 Å². The molecule has 0 saturated carbocycles. The van der Waals surface area contributed by atoms with Crippen molar-refractivity contribution < 1.29 is 4.92 Å². The minimum Gasteiger partial charge on any atom is -0.296 e. The molecule has 0 fully saturated rings. The van der Waals surface area contributed by atoms with E-state index in [2.05, 4.69) is 38.3 Å². The summed E-state index contributed by atoms with van der Waals surface area (Å²) in [6, 6.07) is 7.50. The van der Waals surface area contributed by atoms with Gasteiger partial charge in [-0.3, -0.25) is 20.7 Å². The molecule has 0 aliphatic rings. The van der Waals surface area contributed by atoms with E-state index in [1.807, 2.05) is 12.1 Å². The molecular formula is C15H25N3O2. The van der Waals surface area contributed by atoms with E-state index in [-0.39, 0.29) is 16.8 Å². The second-order valence-electron chi connectivity index (χ2n) is 5.23. The van der Waals surface area contributed by atoms with E-state index < -0.39 is 0 Å². The molecule has 2 N–H and O–H groups in total. The summed E-state index contributed by atoms with van der Waals surface area (Å²) in [6.45, 7) is 8.54. The minimum absolute atomic E-state index is 0.0145. The van der Waals surface area contributed by atoms with Crippen LogP contribution >= 0.6 is 0 Å². The topological polar surface area (TPSA) is 67.2 Å². The fraction of sp³-hybridized carbons (Fsp3) is 0.600. The molecule has 112 valence electrons. The largest absolute Gasteiger partial charge is 0.296 e. The highest BCUT2D eigenvalue weighted by Crippen LogP contribution is 2.18. The maximum absolute atomic E-state index is 10.7. The lowest BCUT2D eigenvalue weighted by atomic mass is 10.1. The molecule has 5 nitrogen and oxygen atoms in total. The molecule has 0 spiro atoms. The first-order valence-corrected chi connectivity index (χ1v) is 7.24. The lowest BCUT2D eigenvalue weighted by molar-refractivity contribution is -0.384. The third kappa shape index (κ3) is 4.90. The first kappa shape index (κ1) is 16.6. The van der Waals surface area contributed by atoms with Crippen LogP contribution in [-0.2, 0) is 0 Å². The fourth-order valence-corrected chi connectivity index (χ4v) is 1.83. The third-order valence-corrected chi connectivity index (χ3v) is 3.56. The fourth-order valence-electron chi connectivity index (χ4n) is 1.83. The van der Waals surface area contributed by atoms with Gasteiger partial charge >= 0.3 is 0 Å². The van der Waals surface area contributed by atoms with Crippen molar-refractivity contribution in [1.29, 1.82) is 0 Å². The molecule has 0 bridgehead atoms. The zero-order valence-corrected chi connectivity index (χ0v) is 12.7. The molecule has 2 atom stereocenters. The summed E-state index contributed by atoms with van der Waals surface area (Å²) in [5, 5.41) is 17.7. The number of nitro benzene ring substituents is 1. The number of non-ortho nitro benzene ring substituents is 1. The lowest BCUT2D eigenvalue weighted by Crippen LogP contribution is -2.42. The second-order valence-corrected chi connectivity index (χ2v) is 5.23. The number of nitrogens with zero attached hydrogens (tertiary/aromatic N) is 1. The summed E-state index contributed by atoms with van der Waals surface area (Å²) in [4.78, 5) is 10.3. The smallest absolute Gasteiger partial charge is 0.269 e. The molecule has 0 radical (unpaired) electrons.